The van der Waals surface area contributed by atoms with E-state index in [0.717, 1.165) is 44.7 Å². The summed E-state index contributed by atoms with van der Waals surface area (Å²) in [5, 5.41) is 3.90. The number of nitrogens with one attached hydrogen (secondary N) is 2. The number of morpholine rings is 1. The molecule has 2 N–H and O–H groups in total. The molecule has 1 aromatic carbocycles. The number of methoxy groups -OCH3 is 1. The van der Waals surface area contributed by atoms with Crippen LogP contribution >= 0.6 is 0 Å². The molecule has 4 heterocycles. The van der Waals surface area contributed by atoms with Crippen LogP contribution in [-0.2, 0) is 11.8 Å². The molecule has 188 valence electrons. The summed E-state index contributed by atoms with van der Waals surface area (Å²) in [6.45, 7) is 4.78. The maximum absolute atomic E-state index is 13.1. The Morgan fingerprint density at radius 2 is 2.08 bits per heavy atom. The molecule has 0 radical (unpaired) electrons. The summed E-state index contributed by atoms with van der Waals surface area (Å²) < 4.78 is 18.3. The number of ether oxygens (including phenoxy) is 3. The van der Waals surface area contributed by atoms with Gasteiger partial charge in [-0.3, -0.25) is 24.4 Å². The Bertz CT molecular complexity index is 1460. The second kappa shape index (κ2) is 10.3. The smallest absolute Gasteiger partial charge is 0.262 e. The Morgan fingerprint density at radius 1 is 1.25 bits per heavy atom. The van der Waals surface area contributed by atoms with Crippen molar-refractivity contribution in [1.82, 2.24) is 24.4 Å². The molecule has 1 aliphatic heterocycles. The standard InChI is InChI=1S/C25H28N6O5/c1-30-24(33)18-4-5-19(36-11-3-8-31-9-12-35-13-10-31)21(34-2)20(18)28-25(30)29-23(32)17-14-16-6-7-26-22(16)27-15-17/h4-7,14-15H,3,8-13H2,1-2H3,(H,26,27)(H,28,29,32). The molecule has 1 fully saturated rings. The molecule has 3 aromatic heterocycles. The minimum Gasteiger partial charge on any atom is -0.491 e. The van der Waals surface area contributed by atoms with Crippen LogP contribution in [0.3, 0.4) is 0 Å². The highest BCUT2D eigenvalue weighted by atomic mass is 16.5. The molecule has 11 nitrogen and oxygen atoms in total. The van der Waals surface area contributed by atoms with E-state index in [-0.39, 0.29) is 11.5 Å². The van der Waals surface area contributed by atoms with Crippen molar-refractivity contribution in [2.45, 2.75) is 6.42 Å². The molecule has 0 unspecified atom stereocenters. The van der Waals surface area contributed by atoms with Crippen molar-refractivity contribution in [3.05, 3.63) is 52.6 Å². The van der Waals surface area contributed by atoms with Crippen LogP contribution in [0.5, 0.6) is 11.5 Å². The van der Waals surface area contributed by atoms with Gasteiger partial charge in [0.1, 0.15) is 11.2 Å². The number of aromatic nitrogens is 4. The maximum atomic E-state index is 13.1. The molecular formula is C25H28N6O5. The van der Waals surface area contributed by atoms with Crippen LogP contribution in [0.15, 0.2) is 41.5 Å². The fourth-order valence-corrected chi connectivity index (χ4v) is 4.25. The van der Waals surface area contributed by atoms with Crippen molar-refractivity contribution in [3.63, 3.8) is 0 Å². The summed E-state index contributed by atoms with van der Waals surface area (Å²) in [6, 6.07) is 6.93. The summed E-state index contributed by atoms with van der Waals surface area (Å²) >= 11 is 0. The second-order valence-electron chi connectivity index (χ2n) is 8.54. The zero-order valence-electron chi connectivity index (χ0n) is 20.2. The van der Waals surface area contributed by atoms with Crippen molar-refractivity contribution in [3.8, 4) is 11.5 Å². The van der Waals surface area contributed by atoms with Crippen molar-refractivity contribution in [1.29, 1.82) is 0 Å². The molecule has 1 aliphatic rings. The highest BCUT2D eigenvalue weighted by molar-refractivity contribution is 6.05. The predicted octanol–water partition coefficient (Wildman–Crippen LogP) is 2.17. The monoisotopic (exact) mass is 492 g/mol. The van der Waals surface area contributed by atoms with E-state index in [2.05, 4.69) is 25.2 Å². The van der Waals surface area contributed by atoms with Crippen molar-refractivity contribution in [2.24, 2.45) is 7.05 Å². The van der Waals surface area contributed by atoms with Gasteiger partial charge in [0.15, 0.2) is 11.5 Å². The van der Waals surface area contributed by atoms with E-state index in [9.17, 15) is 9.59 Å². The molecule has 1 saturated heterocycles. The van der Waals surface area contributed by atoms with Crippen molar-refractivity contribution >= 4 is 33.8 Å². The summed E-state index contributed by atoms with van der Waals surface area (Å²) in [5.74, 6) is 0.506. The molecule has 4 aromatic rings. The Balaban J connectivity index is 1.37. The van der Waals surface area contributed by atoms with Gasteiger partial charge in [0.05, 0.1) is 37.9 Å². The molecule has 0 spiro atoms. The number of fused-ring (bicyclic) bond motifs is 2. The zero-order chi connectivity index (χ0) is 25.1. The number of carbonyl (C=O) groups excluding carboxylic acids is 1. The Labute approximate surface area is 207 Å². The number of pyridine rings is 1. The number of aromatic amines is 1. The average molecular weight is 493 g/mol. The van der Waals surface area contributed by atoms with Crippen LogP contribution in [0.2, 0.25) is 0 Å². The molecule has 0 bridgehead atoms. The molecule has 0 aliphatic carbocycles. The molecule has 5 rings (SSSR count). The Kier molecular flexibility index (Phi) is 6.83. The van der Waals surface area contributed by atoms with Crippen LogP contribution in [0.1, 0.15) is 16.8 Å². The lowest BCUT2D eigenvalue weighted by Crippen LogP contribution is -2.37. The maximum Gasteiger partial charge on any atom is 0.262 e. The molecule has 1 amide bonds. The van der Waals surface area contributed by atoms with Gasteiger partial charge in [0.2, 0.25) is 5.95 Å². The van der Waals surface area contributed by atoms with Gasteiger partial charge in [0, 0.05) is 44.5 Å². The first-order chi connectivity index (χ1) is 17.5. The lowest BCUT2D eigenvalue weighted by molar-refractivity contribution is 0.0357. The molecule has 36 heavy (non-hydrogen) atoms. The van der Waals surface area contributed by atoms with Crippen LogP contribution in [0.25, 0.3) is 21.9 Å². The lowest BCUT2D eigenvalue weighted by atomic mass is 10.2. The second-order valence-corrected chi connectivity index (χ2v) is 8.54. The normalized spacial score (nSPS) is 14.3. The number of carbonyl (C=O) groups is 1. The summed E-state index contributed by atoms with van der Waals surface area (Å²) in [5.41, 5.74) is 1.04. The van der Waals surface area contributed by atoms with E-state index in [1.165, 1.54) is 17.9 Å². The van der Waals surface area contributed by atoms with Crippen LogP contribution in [0, 0.1) is 0 Å². The predicted molar refractivity (Wildman–Crippen MR) is 135 cm³/mol. The fourth-order valence-electron chi connectivity index (χ4n) is 4.25. The van der Waals surface area contributed by atoms with Crippen LogP contribution < -0.4 is 20.3 Å². The summed E-state index contributed by atoms with van der Waals surface area (Å²) in [7, 11) is 3.06. The largest absolute Gasteiger partial charge is 0.491 e. The van der Waals surface area contributed by atoms with Gasteiger partial charge in [-0.25, -0.2) is 9.97 Å². The lowest BCUT2D eigenvalue weighted by Gasteiger charge is -2.26. The third-order valence-corrected chi connectivity index (χ3v) is 6.24. The zero-order valence-corrected chi connectivity index (χ0v) is 20.2. The average Bonchev–Trinajstić information content (AvgIpc) is 3.38. The minimum atomic E-state index is -0.429. The number of hydrogen-bond donors (Lipinski definition) is 2. The summed E-state index contributed by atoms with van der Waals surface area (Å²) in [6.07, 6.45) is 4.06. The number of H-pyrrole nitrogens is 1. The van der Waals surface area contributed by atoms with Crippen LogP contribution in [0.4, 0.5) is 5.95 Å². The highest BCUT2D eigenvalue weighted by Gasteiger charge is 2.19. The summed E-state index contributed by atoms with van der Waals surface area (Å²) in [4.78, 5) is 40.1. The van der Waals surface area contributed by atoms with Gasteiger partial charge >= 0.3 is 0 Å². The van der Waals surface area contributed by atoms with Gasteiger partial charge in [-0.15, -0.1) is 0 Å². The van der Waals surface area contributed by atoms with Crippen LogP contribution in [-0.4, -0.2) is 76.9 Å². The SMILES string of the molecule is COc1c(OCCCN2CCOCC2)ccc2c(=O)n(C)c(NC(=O)c3cnc4[nH]ccc4c3)nc12. The molecular weight excluding hydrogens is 464 g/mol. The number of amides is 1. The number of rotatable bonds is 8. The van der Waals surface area contributed by atoms with E-state index < -0.39 is 5.91 Å². The molecule has 0 atom stereocenters. The van der Waals surface area contributed by atoms with Crippen molar-refractivity contribution in [2.75, 3.05) is 51.9 Å². The van der Waals surface area contributed by atoms with E-state index in [0.29, 0.717) is 40.2 Å². The van der Waals surface area contributed by atoms with Gasteiger partial charge in [-0.05, 0) is 30.7 Å². The van der Waals surface area contributed by atoms with E-state index in [4.69, 9.17) is 14.2 Å². The van der Waals surface area contributed by atoms with E-state index >= 15 is 0 Å². The molecule has 11 heteroatoms. The fraction of sp³-hybridized carbons (Fsp3) is 0.360. The van der Waals surface area contributed by atoms with Gasteiger partial charge in [0.25, 0.3) is 11.5 Å². The first kappa shape index (κ1) is 23.8. The van der Waals surface area contributed by atoms with E-state index in [1.807, 2.05) is 6.07 Å². The van der Waals surface area contributed by atoms with Gasteiger partial charge in [-0.2, -0.15) is 0 Å². The quantitative estimate of drug-likeness (QED) is 0.359. The number of benzene rings is 1. The Hall–Kier alpha value is -3.96. The third-order valence-electron chi connectivity index (χ3n) is 6.24. The molecule has 0 saturated carbocycles. The van der Waals surface area contributed by atoms with Gasteiger partial charge in [-0.1, -0.05) is 0 Å². The van der Waals surface area contributed by atoms with E-state index in [1.54, 1.807) is 31.4 Å². The number of anilines is 1. The highest BCUT2D eigenvalue weighted by Crippen LogP contribution is 2.34. The van der Waals surface area contributed by atoms with Crippen molar-refractivity contribution < 1.29 is 19.0 Å². The number of nitrogens with zero attached hydrogens (tertiary/aromatic N) is 4. The minimum absolute atomic E-state index is 0.0921. The number of hydrogen-bond acceptors (Lipinski definition) is 8. The Morgan fingerprint density at radius 3 is 2.89 bits per heavy atom. The third kappa shape index (κ3) is 4.75. The topological polar surface area (TPSA) is 124 Å². The van der Waals surface area contributed by atoms with Gasteiger partial charge < -0.3 is 19.2 Å². The first-order valence-electron chi connectivity index (χ1n) is 11.8. The first-order valence-corrected chi connectivity index (χ1v) is 11.8.